The molecule has 12 nitrogen and oxygen atoms in total. The van der Waals surface area contributed by atoms with Crippen LogP contribution in [0.15, 0.2) is 96.0 Å². The van der Waals surface area contributed by atoms with Crippen molar-refractivity contribution >= 4 is 74.2 Å². The number of methoxy groups -OCH3 is 1. The van der Waals surface area contributed by atoms with Gasteiger partial charge in [-0.25, -0.2) is 0 Å². The van der Waals surface area contributed by atoms with Gasteiger partial charge in [0.15, 0.2) is 11.5 Å². The van der Waals surface area contributed by atoms with E-state index in [0.717, 1.165) is 71.3 Å². The van der Waals surface area contributed by atoms with Crippen molar-refractivity contribution in [2.75, 3.05) is 29.3 Å². The number of fused-ring (bicyclic) bond motifs is 8. The van der Waals surface area contributed by atoms with Crippen LogP contribution in [0.3, 0.4) is 0 Å². The van der Waals surface area contributed by atoms with E-state index in [1.165, 1.54) is 5.56 Å². The van der Waals surface area contributed by atoms with Gasteiger partial charge < -0.3 is 29.7 Å². The molecule has 9 rings (SSSR count). The van der Waals surface area contributed by atoms with E-state index in [2.05, 4.69) is 43.5 Å². The van der Waals surface area contributed by atoms with Crippen LogP contribution in [0.1, 0.15) is 113 Å². The third-order valence-electron chi connectivity index (χ3n) is 13.6. The number of ether oxygens (including phenoxy) is 3. The lowest BCUT2D eigenvalue weighted by Crippen LogP contribution is -2.37. The zero-order chi connectivity index (χ0) is 49.1. The van der Waals surface area contributed by atoms with Crippen molar-refractivity contribution in [3.63, 3.8) is 0 Å². The molecule has 14 heteroatoms. The Bertz CT molecular complexity index is 2870. The first-order chi connectivity index (χ1) is 33.8. The van der Waals surface area contributed by atoms with E-state index >= 15 is 0 Å². The molecule has 3 atom stereocenters. The predicted molar refractivity (Wildman–Crippen MR) is 282 cm³/mol. The number of benzene rings is 5. The molecular formula is C56H61N5O7S2. The van der Waals surface area contributed by atoms with E-state index in [4.69, 9.17) is 19.2 Å². The topological polar surface area (TPSA) is 139 Å². The largest absolute Gasteiger partial charge is 0.493 e. The van der Waals surface area contributed by atoms with Gasteiger partial charge in [0.2, 0.25) is 11.8 Å². The molecule has 0 radical (unpaired) electrons. The predicted octanol–water partition coefficient (Wildman–Crippen LogP) is 11.2. The van der Waals surface area contributed by atoms with Gasteiger partial charge in [0.25, 0.3) is 11.8 Å². The summed E-state index contributed by atoms with van der Waals surface area (Å²) in [5, 5.41) is 6.17. The summed E-state index contributed by atoms with van der Waals surface area (Å²) >= 11 is 0. The fourth-order valence-electron chi connectivity index (χ4n) is 9.88. The average molecular weight is 980 g/mol. The fraction of sp³-hybridized carbons (Fsp3) is 0.375. The molecule has 0 saturated carbocycles. The summed E-state index contributed by atoms with van der Waals surface area (Å²) in [6.45, 7) is 8.79. The highest BCUT2D eigenvalue weighted by Gasteiger charge is 2.38. The van der Waals surface area contributed by atoms with Crippen molar-refractivity contribution in [3.8, 4) is 17.2 Å². The van der Waals surface area contributed by atoms with Gasteiger partial charge in [-0.05, 0) is 141 Å². The molecule has 1 unspecified atom stereocenters. The van der Waals surface area contributed by atoms with Crippen molar-refractivity contribution in [2.45, 2.75) is 121 Å². The molecule has 0 fully saturated rings. The van der Waals surface area contributed by atoms with Crippen molar-refractivity contribution < 1.29 is 33.4 Å². The molecule has 0 aromatic heterocycles. The maximum Gasteiger partial charge on any atom is 0.261 e. The van der Waals surface area contributed by atoms with Crippen molar-refractivity contribution in [1.29, 1.82) is 0 Å². The second-order valence-corrected chi connectivity index (χ2v) is 22.7. The normalized spacial score (nSPS) is 17.0. The first-order valence-corrected chi connectivity index (χ1v) is 26.4. The number of amides is 4. The Morgan fingerprint density at radius 3 is 2.21 bits per heavy atom. The Hall–Kier alpha value is -6.25. The van der Waals surface area contributed by atoms with Crippen LogP contribution in [0, 0.1) is 6.92 Å². The minimum absolute atomic E-state index is 0.0278. The number of carbonyl (C=O) groups is 4. The molecule has 0 spiro atoms. The molecule has 0 saturated heterocycles. The molecule has 4 aliphatic heterocycles. The Kier molecular flexibility index (Phi) is 14.6. The van der Waals surface area contributed by atoms with Gasteiger partial charge in [-0.2, -0.15) is 0 Å². The molecule has 4 aliphatic rings. The molecule has 70 heavy (non-hydrogen) atoms. The summed E-state index contributed by atoms with van der Waals surface area (Å²) in [6, 6.07) is 29.4. The molecule has 5 aromatic carbocycles. The lowest BCUT2D eigenvalue weighted by Gasteiger charge is -2.24. The Balaban J connectivity index is 0.912. The maximum atomic E-state index is 14.1. The summed E-state index contributed by atoms with van der Waals surface area (Å²) in [5.41, 5.74) is 9.88. The number of anilines is 3. The van der Waals surface area contributed by atoms with E-state index in [9.17, 15) is 19.2 Å². The monoisotopic (exact) mass is 979 g/mol. The van der Waals surface area contributed by atoms with E-state index in [-0.39, 0.29) is 53.7 Å². The highest BCUT2D eigenvalue weighted by Crippen LogP contribution is 2.44. The fourth-order valence-corrected chi connectivity index (χ4v) is 12.6. The standard InChI is InChI=1S/C56H61N5O7S2/c1-34-22-45-46(58-31-43-27-40-13-8-10-15-48(40)61(43)55(45)65)30-49(34)67-32-36-23-37(25-41(24-36)59-53(63)16-11-21-56(3,4)70-69-35(2)17-20-52(62)57-5)33-68-51-28-38-18-19-42-26-39-12-7-9-14-47(39)60(42)54(64)44(38)29-50(51)66-6/h7-10,12-15,22-25,28-31,35,42-43H,11,16-21,26-27,32-33H2,1-6H3,(H,57,62)(H,59,63)/t35?,42-,43+/m1/s1. The molecule has 4 heterocycles. The lowest BCUT2D eigenvalue weighted by molar-refractivity contribution is -0.120. The lowest BCUT2D eigenvalue weighted by atomic mass is 9.99. The Morgan fingerprint density at radius 2 is 1.49 bits per heavy atom. The Labute approximate surface area is 418 Å². The van der Waals surface area contributed by atoms with Crippen molar-refractivity contribution in [1.82, 2.24) is 5.32 Å². The minimum atomic E-state index is -0.157. The van der Waals surface area contributed by atoms with Crippen LogP contribution in [-0.2, 0) is 42.1 Å². The second-order valence-electron chi connectivity index (χ2n) is 19.3. The smallest absolute Gasteiger partial charge is 0.261 e. The molecule has 0 aliphatic carbocycles. The van der Waals surface area contributed by atoms with Crippen LogP contribution in [0.2, 0.25) is 0 Å². The quantitative estimate of drug-likeness (QED) is 0.0822. The number of nitrogens with zero attached hydrogens (tertiary/aromatic N) is 3. The number of hydrogen-bond acceptors (Lipinski definition) is 10. The van der Waals surface area contributed by atoms with Crippen molar-refractivity contribution in [3.05, 3.63) is 136 Å². The number of hydrogen-bond donors (Lipinski definition) is 2. The van der Waals surface area contributed by atoms with Gasteiger partial charge in [0.1, 0.15) is 19.0 Å². The average Bonchev–Trinajstić information content (AvgIpc) is 3.85. The molecule has 2 N–H and O–H groups in total. The molecular weight excluding hydrogens is 919 g/mol. The zero-order valence-electron chi connectivity index (χ0n) is 40.8. The van der Waals surface area contributed by atoms with Gasteiger partial charge >= 0.3 is 0 Å². The number of nitrogens with one attached hydrogen (secondary N) is 2. The van der Waals surface area contributed by atoms with Crippen LogP contribution < -0.4 is 34.6 Å². The SMILES string of the molecule is CNC(=O)CCC(C)SSC(C)(C)CCCC(=O)Nc1cc(COc2cc3c(cc2C)C(=O)N2c4ccccc4C[C@H]2C=N3)cc(COc2cc3c(cc2OC)C(=O)N2c4ccccc4C[C@H]2CC3)c1. The molecule has 5 aromatic rings. The van der Waals surface area contributed by atoms with Crippen molar-refractivity contribution in [2.24, 2.45) is 4.99 Å². The molecule has 364 valence electrons. The van der Waals surface area contributed by atoms with Crippen LogP contribution in [0.4, 0.5) is 22.7 Å². The van der Waals surface area contributed by atoms with Crippen LogP contribution in [-0.4, -0.2) is 66.1 Å². The third-order valence-corrected chi connectivity index (χ3v) is 17.5. The summed E-state index contributed by atoms with van der Waals surface area (Å²) in [7, 11) is 6.84. The molecule has 4 amide bonds. The van der Waals surface area contributed by atoms with Gasteiger partial charge in [-0.3, -0.25) is 29.1 Å². The number of carbonyl (C=O) groups excluding carboxylic acids is 4. The highest BCUT2D eigenvalue weighted by molar-refractivity contribution is 8.77. The van der Waals surface area contributed by atoms with Gasteiger partial charge in [0.05, 0.1) is 24.4 Å². The number of para-hydroxylation sites is 2. The third kappa shape index (κ3) is 10.7. The summed E-state index contributed by atoms with van der Waals surface area (Å²) in [4.78, 5) is 62.1. The van der Waals surface area contributed by atoms with Crippen LogP contribution in [0.25, 0.3) is 0 Å². The zero-order valence-corrected chi connectivity index (χ0v) is 42.4. The number of rotatable bonds is 18. The molecule has 0 bridgehead atoms. The van der Waals surface area contributed by atoms with E-state index in [0.29, 0.717) is 70.7 Å². The van der Waals surface area contributed by atoms with Gasteiger partial charge in [0, 0.05) is 77.3 Å². The van der Waals surface area contributed by atoms with Gasteiger partial charge in [-0.15, -0.1) is 0 Å². The first kappa shape index (κ1) is 48.8. The van der Waals surface area contributed by atoms with E-state index < -0.39 is 0 Å². The number of aryl methyl sites for hydroxylation is 2. The van der Waals surface area contributed by atoms with E-state index in [1.54, 1.807) is 25.0 Å². The Morgan fingerprint density at radius 1 is 0.800 bits per heavy atom. The van der Waals surface area contributed by atoms with Gasteiger partial charge in [-0.1, -0.05) is 64.9 Å². The van der Waals surface area contributed by atoms with Crippen LogP contribution >= 0.6 is 21.6 Å². The summed E-state index contributed by atoms with van der Waals surface area (Å²) in [5.74, 6) is 1.45. The summed E-state index contributed by atoms with van der Waals surface area (Å²) in [6.07, 6.45) is 8.17. The second kappa shape index (κ2) is 21.0. The maximum absolute atomic E-state index is 14.1. The number of aliphatic imine (C=N–C) groups is 1. The van der Waals surface area contributed by atoms with Crippen LogP contribution in [0.5, 0.6) is 17.2 Å². The highest BCUT2D eigenvalue weighted by atomic mass is 33.1. The summed E-state index contributed by atoms with van der Waals surface area (Å²) < 4.78 is 18.8. The minimum Gasteiger partial charge on any atom is -0.493 e. The van der Waals surface area contributed by atoms with E-state index in [1.807, 2.05) is 113 Å². The first-order valence-electron chi connectivity index (χ1n) is 24.2.